The maximum atomic E-state index is 12.3. The molecule has 0 atom stereocenters. The van der Waals surface area contributed by atoms with Crippen LogP contribution in [0, 0.1) is 11.3 Å². The third kappa shape index (κ3) is 4.06. The highest BCUT2D eigenvalue weighted by Crippen LogP contribution is 2.26. The van der Waals surface area contributed by atoms with Crippen molar-refractivity contribution in [3.63, 3.8) is 0 Å². The molecule has 4 nitrogen and oxygen atoms in total. The molecule has 2 aromatic rings. The van der Waals surface area contributed by atoms with E-state index in [9.17, 15) is 10.1 Å². The first-order chi connectivity index (χ1) is 11.3. The Morgan fingerprint density at radius 1 is 1.35 bits per heavy atom. The van der Waals surface area contributed by atoms with Crippen molar-refractivity contribution in [3.8, 4) is 16.6 Å². The summed E-state index contributed by atoms with van der Waals surface area (Å²) in [5.41, 5.74) is 1.86. The third-order valence-electron chi connectivity index (χ3n) is 3.89. The van der Waals surface area contributed by atoms with Crippen LogP contribution in [0.1, 0.15) is 37.8 Å². The normalized spacial score (nSPS) is 16.0. The Hall–Kier alpha value is -1.97. The fraction of sp³-hybridized carbons (Fsp3) is 0.353. The highest BCUT2D eigenvalue weighted by molar-refractivity contribution is 7.14. The van der Waals surface area contributed by atoms with Gasteiger partial charge in [0.15, 0.2) is 0 Å². The Bertz CT molecular complexity index is 734. The lowest BCUT2D eigenvalue weighted by atomic mass is 9.95. The molecule has 0 spiro atoms. The summed E-state index contributed by atoms with van der Waals surface area (Å²) in [7, 11) is 0. The van der Waals surface area contributed by atoms with Gasteiger partial charge >= 0.3 is 0 Å². The highest BCUT2D eigenvalue weighted by atomic mass is 32.1. The molecule has 1 amide bonds. The van der Waals surface area contributed by atoms with E-state index in [0.717, 1.165) is 36.3 Å². The van der Waals surface area contributed by atoms with Gasteiger partial charge in [0.05, 0.1) is 5.69 Å². The molecule has 1 aliphatic rings. The number of rotatable bonds is 4. The molecular weight excluding hydrogens is 326 g/mol. The van der Waals surface area contributed by atoms with E-state index in [2.05, 4.69) is 10.3 Å². The van der Waals surface area contributed by atoms with Crippen molar-refractivity contribution in [1.82, 2.24) is 10.3 Å². The van der Waals surface area contributed by atoms with Gasteiger partial charge in [-0.2, -0.15) is 16.6 Å². The van der Waals surface area contributed by atoms with E-state index in [4.69, 9.17) is 0 Å². The van der Waals surface area contributed by atoms with Crippen molar-refractivity contribution in [1.29, 1.82) is 5.26 Å². The molecule has 2 aromatic heterocycles. The number of thiazole rings is 1. The average Bonchev–Trinajstić information content (AvgIpc) is 3.24. The third-order valence-corrected chi connectivity index (χ3v) is 5.48. The lowest BCUT2D eigenvalue weighted by Gasteiger charge is -2.22. The first-order valence-electron chi connectivity index (χ1n) is 7.67. The zero-order chi connectivity index (χ0) is 16.1. The van der Waals surface area contributed by atoms with Crippen molar-refractivity contribution in [3.05, 3.63) is 33.5 Å². The Kier molecular flexibility index (Phi) is 5.21. The van der Waals surface area contributed by atoms with Gasteiger partial charge in [-0.15, -0.1) is 11.3 Å². The van der Waals surface area contributed by atoms with E-state index in [-0.39, 0.29) is 17.5 Å². The van der Waals surface area contributed by atoms with Gasteiger partial charge in [-0.05, 0) is 30.4 Å². The van der Waals surface area contributed by atoms with Gasteiger partial charge in [0.25, 0.3) is 5.91 Å². The lowest BCUT2D eigenvalue weighted by Crippen LogP contribution is -2.36. The summed E-state index contributed by atoms with van der Waals surface area (Å²) < 4.78 is 0. The topological polar surface area (TPSA) is 65.8 Å². The Labute approximate surface area is 143 Å². The van der Waals surface area contributed by atoms with Crippen LogP contribution in [0.25, 0.3) is 16.6 Å². The van der Waals surface area contributed by atoms with Gasteiger partial charge in [-0.25, -0.2) is 4.98 Å². The van der Waals surface area contributed by atoms with Crippen LogP contribution in [0.5, 0.6) is 0 Å². The number of carbonyl (C=O) groups is 1. The molecule has 0 aromatic carbocycles. The standard InChI is InChI=1S/C17H17N3OS2/c18-9-13(16(21)19-14-4-2-1-3-5-14)8-15-11-23-17(20-15)12-6-7-22-10-12/h6-8,10-11,14H,1-5H2,(H,19,21)/b13-8-. The fourth-order valence-corrected chi connectivity index (χ4v) is 4.17. The number of amides is 1. The predicted molar refractivity (Wildman–Crippen MR) is 94.0 cm³/mol. The minimum absolute atomic E-state index is 0.123. The quantitative estimate of drug-likeness (QED) is 0.667. The van der Waals surface area contributed by atoms with E-state index < -0.39 is 0 Å². The van der Waals surface area contributed by atoms with Gasteiger partial charge in [0.1, 0.15) is 16.6 Å². The molecule has 0 saturated heterocycles. The van der Waals surface area contributed by atoms with Crippen LogP contribution in [0.15, 0.2) is 27.8 Å². The van der Waals surface area contributed by atoms with Gasteiger partial charge in [-0.3, -0.25) is 4.79 Å². The van der Waals surface area contributed by atoms with Crippen LogP contribution < -0.4 is 5.32 Å². The molecule has 118 valence electrons. The highest BCUT2D eigenvalue weighted by Gasteiger charge is 2.18. The lowest BCUT2D eigenvalue weighted by molar-refractivity contribution is -0.117. The van der Waals surface area contributed by atoms with Gasteiger partial charge in [0, 0.05) is 22.4 Å². The number of thiophene rings is 1. The van der Waals surface area contributed by atoms with E-state index in [0.29, 0.717) is 5.69 Å². The Morgan fingerprint density at radius 2 is 2.17 bits per heavy atom. The van der Waals surface area contributed by atoms with Crippen molar-refractivity contribution in [2.24, 2.45) is 0 Å². The van der Waals surface area contributed by atoms with Crippen molar-refractivity contribution >= 4 is 34.7 Å². The zero-order valence-electron chi connectivity index (χ0n) is 12.6. The molecule has 0 radical (unpaired) electrons. The minimum atomic E-state index is -0.288. The van der Waals surface area contributed by atoms with Gasteiger partial charge in [0.2, 0.25) is 0 Å². The maximum absolute atomic E-state index is 12.3. The summed E-state index contributed by atoms with van der Waals surface area (Å²) in [5.74, 6) is -0.288. The van der Waals surface area contributed by atoms with Gasteiger partial charge < -0.3 is 5.32 Å². The van der Waals surface area contributed by atoms with Gasteiger partial charge in [-0.1, -0.05) is 19.3 Å². The molecule has 0 bridgehead atoms. The average molecular weight is 343 g/mol. The summed E-state index contributed by atoms with van der Waals surface area (Å²) in [6, 6.07) is 4.21. The second-order valence-corrected chi connectivity index (χ2v) is 7.21. The Morgan fingerprint density at radius 3 is 2.87 bits per heavy atom. The predicted octanol–water partition coefficient (Wildman–Crippen LogP) is 4.23. The monoisotopic (exact) mass is 343 g/mol. The molecule has 3 rings (SSSR count). The fourth-order valence-electron chi connectivity index (χ4n) is 2.68. The second kappa shape index (κ2) is 7.53. The zero-order valence-corrected chi connectivity index (χ0v) is 14.3. The van der Waals surface area contributed by atoms with Crippen LogP contribution in [-0.2, 0) is 4.79 Å². The summed E-state index contributed by atoms with van der Waals surface area (Å²) in [6.07, 6.45) is 7.11. The molecule has 6 heteroatoms. The van der Waals surface area contributed by atoms with Crippen molar-refractivity contribution in [2.75, 3.05) is 0 Å². The van der Waals surface area contributed by atoms with Crippen LogP contribution in [-0.4, -0.2) is 16.9 Å². The number of hydrogen-bond donors (Lipinski definition) is 1. The molecule has 1 saturated carbocycles. The van der Waals surface area contributed by atoms with Crippen LogP contribution in [0.3, 0.4) is 0 Å². The molecule has 0 unspecified atom stereocenters. The molecule has 0 aliphatic heterocycles. The van der Waals surface area contributed by atoms with E-state index in [1.165, 1.54) is 17.8 Å². The van der Waals surface area contributed by atoms with E-state index in [1.807, 2.05) is 28.3 Å². The molecule has 2 heterocycles. The number of aromatic nitrogens is 1. The summed E-state index contributed by atoms with van der Waals surface area (Å²) >= 11 is 3.14. The number of nitriles is 1. The molecule has 1 N–H and O–H groups in total. The van der Waals surface area contributed by atoms with E-state index in [1.54, 1.807) is 17.4 Å². The molecular formula is C17H17N3OS2. The first-order valence-corrected chi connectivity index (χ1v) is 9.49. The largest absolute Gasteiger partial charge is 0.349 e. The molecule has 1 fully saturated rings. The van der Waals surface area contributed by atoms with Crippen LogP contribution in [0.2, 0.25) is 0 Å². The number of nitrogens with zero attached hydrogens (tertiary/aromatic N) is 2. The number of carbonyl (C=O) groups excluding carboxylic acids is 1. The second-order valence-electron chi connectivity index (χ2n) is 5.57. The molecule has 23 heavy (non-hydrogen) atoms. The summed E-state index contributed by atoms with van der Waals surface area (Å²) in [5, 5.41) is 19.1. The number of hydrogen-bond acceptors (Lipinski definition) is 5. The minimum Gasteiger partial charge on any atom is -0.349 e. The van der Waals surface area contributed by atoms with Crippen molar-refractivity contribution in [2.45, 2.75) is 38.1 Å². The van der Waals surface area contributed by atoms with E-state index >= 15 is 0 Å². The van der Waals surface area contributed by atoms with Crippen molar-refractivity contribution < 1.29 is 4.79 Å². The van der Waals surface area contributed by atoms with Crippen LogP contribution in [0.4, 0.5) is 0 Å². The Balaban J connectivity index is 1.71. The summed E-state index contributed by atoms with van der Waals surface area (Å²) in [4.78, 5) is 16.7. The first kappa shape index (κ1) is 15.9. The van der Waals surface area contributed by atoms with Crippen LogP contribution >= 0.6 is 22.7 Å². The number of nitrogens with one attached hydrogen (secondary N) is 1. The SMILES string of the molecule is N#C/C(=C/c1csc(-c2ccsc2)n1)C(=O)NC1CCCCC1. The maximum Gasteiger partial charge on any atom is 0.262 e. The molecule has 1 aliphatic carbocycles. The smallest absolute Gasteiger partial charge is 0.262 e. The summed E-state index contributed by atoms with van der Waals surface area (Å²) in [6.45, 7) is 0.